The summed E-state index contributed by atoms with van der Waals surface area (Å²) in [4.78, 5) is 35.3. The number of amides is 2. The number of nitrogens with zero attached hydrogens (tertiary/aromatic N) is 1. The van der Waals surface area contributed by atoms with E-state index in [0.29, 0.717) is 0 Å². The van der Waals surface area contributed by atoms with Gasteiger partial charge in [-0.3, -0.25) is 14.9 Å². The lowest BCUT2D eigenvalue weighted by Crippen LogP contribution is -2.47. The Balaban J connectivity index is 2.19. The highest BCUT2D eigenvalue weighted by molar-refractivity contribution is 6.34. The largest absolute Gasteiger partial charge is 0.444 e. The Hall–Kier alpha value is -3.13. The molecule has 0 spiro atoms. The Kier molecular flexibility index (Phi) is 7.17. The number of nitrogens with one attached hydrogen (secondary N) is 2. The molecule has 2 aromatic carbocycles. The van der Waals surface area contributed by atoms with E-state index in [-0.39, 0.29) is 22.8 Å². The number of alkyl carbamates (subject to hydrolysis) is 1. The van der Waals surface area contributed by atoms with Gasteiger partial charge in [0.25, 0.3) is 5.69 Å². The highest BCUT2D eigenvalue weighted by atomic mass is 35.5. The first-order valence-corrected chi connectivity index (χ1v) is 9.21. The van der Waals surface area contributed by atoms with Crippen LogP contribution < -0.4 is 10.6 Å². The predicted octanol–water partition coefficient (Wildman–Crippen LogP) is 4.32. The molecule has 2 rings (SSSR count). The maximum atomic E-state index is 12.8. The van der Waals surface area contributed by atoms with E-state index >= 15 is 0 Å². The summed E-state index contributed by atoms with van der Waals surface area (Å²) in [5.74, 6) is -0.532. The van der Waals surface area contributed by atoms with Gasteiger partial charge in [-0.2, -0.15) is 0 Å². The number of carbonyl (C=O) groups is 2. The van der Waals surface area contributed by atoms with E-state index in [1.54, 1.807) is 20.8 Å². The summed E-state index contributed by atoms with van der Waals surface area (Å²) in [6.45, 7) is 5.15. The first kappa shape index (κ1) is 22.2. The van der Waals surface area contributed by atoms with Gasteiger partial charge in [0.1, 0.15) is 11.6 Å². The van der Waals surface area contributed by atoms with Gasteiger partial charge in [0.05, 0.1) is 15.6 Å². The van der Waals surface area contributed by atoms with E-state index in [2.05, 4.69) is 10.6 Å². The number of carbonyl (C=O) groups excluding carboxylic acids is 2. The fraction of sp³-hybridized carbons (Fsp3) is 0.300. The van der Waals surface area contributed by atoms with Crippen LogP contribution in [-0.2, 0) is 16.0 Å². The first-order valence-electron chi connectivity index (χ1n) is 8.83. The summed E-state index contributed by atoms with van der Waals surface area (Å²) < 4.78 is 5.24. The molecule has 0 saturated carbocycles. The third kappa shape index (κ3) is 7.08. The number of hydrogen-bond donors (Lipinski definition) is 2. The molecule has 0 unspecified atom stereocenters. The van der Waals surface area contributed by atoms with Crippen molar-refractivity contribution in [2.45, 2.75) is 38.8 Å². The van der Waals surface area contributed by atoms with Crippen molar-refractivity contribution in [1.29, 1.82) is 0 Å². The molecule has 0 saturated heterocycles. The Morgan fingerprint density at radius 2 is 1.83 bits per heavy atom. The topological polar surface area (TPSA) is 111 Å². The molecule has 0 heterocycles. The molecule has 0 bridgehead atoms. The molecule has 2 aromatic rings. The van der Waals surface area contributed by atoms with Gasteiger partial charge in [0.2, 0.25) is 5.91 Å². The molecule has 0 radical (unpaired) electrons. The van der Waals surface area contributed by atoms with Crippen LogP contribution in [0.2, 0.25) is 5.02 Å². The molecule has 9 heteroatoms. The number of hydrogen-bond acceptors (Lipinski definition) is 5. The second-order valence-electron chi connectivity index (χ2n) is 7.30. The maximum absolute atomic E-state index is 12.8. The molecule has 0 aliphatic heterocycles. The van der Waals surface area contributed by atoms with Crippen molar-refractivity contribution in [3.05, 3.63) is 69.2 Å². The standard InChI is InChI=1S/C20H22ClN3O5/c1-20(2,3)29-19(26)23-17(11-13-7-5-4-6-8-13)18(25)22-16-10-9-14(24(27)28)12-15(16)21/h4-10,12,17H,11H2,1-3H3,(H,22,25)(H,23,26)/t17-/m0/s1. The highest BCUT2D eigenvalue weighted by Gasteiger charge is 2.25. The monoisotopic (exact) mass is 419 g/mol. The minimum Gasteiger partial charge on any atom is -0.444 e. The highest BCUT2D eigenvalue weighted by Crippen LogP contribution is 2.26. The van der Waals surface area contributed by atoms with E-state index in [1.165, 1.54) is 12.1 Å². The number of anilines is 1. The van der Waals surface area contributed by atoms with Crippen molar-refractivity contribution >= 4 is 35.0 Å². The van der Waals surface area contributed by atoms with Gasteiger partial charge in [-0.1, -0.05) is 41.9 Å². The van der Waals surface area contributed by atoms with Gasteiger partial charge in [-0.15, -0.1) is 0 Å². The zero-order valence-electron chi connectivity index (χ0n) is 16.3. The number of non-ortho nitro benzene ring substituents is 1. The van der Waals surface area contributed by atoms with Gasteiger partial charge in [0, 0.05) is 18.6 Å². The van der Waals surface area contributed by atoms with Crippen LogP contribution in [-0.4, -0.2) is 28.6 Å². The average Bonchev–Trinajstić information content (AvgIpc) is 2.62. The molecule has 0 aliphatic carbocycles. The minimum absolute atomic E-state index is 0.0169. The Morgan fingerprint density at radius 3 is 2.38 bits per heavy atom. The zero-order chi connectivity index (χ0) is 21.6. The van der Waals surface area contributed by atoms with Crippen LogP contribution in [0.15, 0.2) is 48.5 Å². The summed E-state index contributed by atoms with van der Waals surface area (Å²) >= 11 is 6.04. The molecular weight excluding hydrogens is 398 g/mol. The Bertz CT molecular complexity index is 897. The molecule has 29 heavy (non-hydrogen) atoms. The van der Waals surface area contributed by atoms with Gasteiger partial charge < -0.3 is 15.4 Å². The summed E-state index contributed by atoms with van der Waals surface area (Å²) in [6.07, 6.45) is -0.514. The summed E-state index contributed by atoms with van der Waals surface area (Å²) in [7, 11) is 0. The molecule has 0 fully saturated rings. The first-order chi connectivity index (χ1) is 13.5. The lowest BCUT2D eigenvalue weighted by atomic mass is 10.1. The van der Waals surface area contributed by atoms with Crippen molar-refractivity contribution in [1.82, 2.24) is 5.32 Å². The van der Waals surface area contributed by atoms with E-state index in [9.17, 15) is 19.7 Å². The third-order valence-electron chi connectivity index (χ3n) is 3.71. The second kappa shape index (κ2) is 9.38. The van der Waals surface area contributed by atoms with Crippen LogP contribution in [0.1, 0.15) is 26.3 Å². The van der Waals surface area contributed by atoms with Gasteiger partial charge in [-0.25, -0.2) is 4.79 Å². The quantitative estimate of drug-likeness (QED) is 0.535. The average molecular weight is 420 g/mol. The number of nitro benzene ring substituents is 1. The summed E-state index contributed by atoms with van der Waals surface area (Å²) in [5.41, 5.74) is 0.116. The van der Waals surface area contributed by atoms with Crippen molar-refractivity contribution in [2.24, 2.45) is 0 Å². The lowest BCUT2D eigenvalue weighted by molar-refractivity contribution is -0.384. The van der Waals surface area contributed by atoms with Crippen LogP contribution in [0.25, 0.3) is 0 Å². The zero-order valence-corrected chi connectivity index (χ0v) is 17.0. The normalized spacial score (nSPS) is 12.0. The van der Waals surface area contributed by atoms with Crippen LogP contribution >= 0.6 is 11.6 Å². The fourth-order valence-corrected chi connectivity index (χ4v) is 2.67. The van der Waals surface area contributed by atoms with Crippen LogP contribution in [0, 0.1) is 10.1 Å². The van der Waals surface area contributed by atoms with Crippen LogP contribution in [0.3, 0.4) is 0 Å². The van der Waals surface area contributed by atoms with Crippen LogP contribution in [0.5, 0.6) is 0 Å². The van der Waals surface area contributed by atoms with Crippen molar-refractivity contribution in [3.8, 4) is 0 Å². The second-order valence-corrected chi connectivity index (χ2v) is 7.71. The molecule has 154 valence electrons. The molecular formula is C20H22ClN3O5. The molecule has 2 N–H and O–H groups in total. The van der Waals surface area contributed by atoms with Gasteiger partial charge >= 0.3 is 6.09 Å². The summed E-state index contributed by atoms with van der Waals surface area (Å²) in [5, 5.41) is 16.0. The number of rotatable bonds is 6. The van der Waals surface area contributed by atoms with Gasteiger partial charge in [-0.05, 0) is 32.4 Å². The molecule has 8 nitrogen and oxygen atoms in total. The molecule has 0 aliphatic rings. The summed E-state index contributed by atoms with van der Waals surface area (Å²) in [6, 6.07) is 11.9. The van der Waals surface area contributed by atoms with Crippen molar-refractivity contribution < 1.29 is 19.2 Å². The van der Waals surface area contributed by atoms with E-state index < -0.39 is 28.6 Å². The maximum Gasteiger partial charge on any atom is 0.408 e. The molecule has 2 amide bonds. The number of benzene rings is 2. The number of nitro groups is 1. The molecule has 0 aromatic heterocycles. The number of ether oxygens (including phenoxy) is 1. The van der Waals surface area contributed by atoms with Crippen molar-refractivity contribution in [2.75, 3.05) is 5.32 Å². The fourth-order valence-electron chi connectivity index (χ4n) is 2.45. The van der Waals surface area contributed by atoms with Crippen LogP contribution in [0.4, 0.5) is 16.2 Å². The van der Waals surface area contributed by atoms with Crippen molar-refractivity contribution in [3.63, 3.8) is 0 Å². The van der Waals surface area contributed by atoms with Gasteiger partial charge in [0.15, 0.2) is 0 Å². The van der Waals surface area contributed by atoms with E-state index in [1.807, 2.05) is 30.3 Å². The van der Waals surface area contributed by atoms with E-state index in [0.717, 1.165) is 11.6 Å². The SMILES string of the molecule is CC(C)(C)OC(=O)N[C@@H](Cc1ccccc1)C(=O)Nc1ccc([N+](=O)[O-])cc1Cl. The Morgan fingerprint density at radius 1 is 1.17 bits per heavy atom. The smallest absolute Gasteiger partial charge is 0.408 e. The minimum atomic E-state index is -0.946. The van der Waals surface area contributed by atoms with E-state index in [4.69, 9.17) is 16.3 Å². The predicted molar refractivity (Wildman–Crippen MR) is 110 cm³/mol. The number of halogens is 1. The lowest BCUT2D eigenvalue weighted by Gasteiger charge is -2.23. The third-order valence-corrected chi connectivity index (χ3v) is 4.02. The molecule has 1 atom stereocenters. The Labute approximate surface area is 173 Å².